The SMILES string of the molecule is CCOP(C)(=S)Oc1c(Cl)cc(Cl)cc1Cl. The van der Waals surface area contributed by atoms with Crippen molar-refractivity contribution >= 4 is 53.1 Å². The molecule has 0 amide bonds. The molecule has 0 heterocycles. The first-order valence-electron chi connectivity index (χ1n) is 4.42. The zero-order chi connectivity index (χ0) is 12.3. The van der Waals surface area contributed by atoms with Crippen LogP contribution in [0, 0.1) is 0 Å². The van der Waals surface area contributed by atoms with E-state index in [1.165, 1.54) is 0 Å². The van der Waals surface area contributed by atoms with Crippen LogP contribution in [0.5, 0.6) is 5.75 Å². The highest BCUT2D eigenvalue weighted by atomic mass is 35.5. The van der Waals surface area contributed by atoms with E-state index in [-0.39, 0.29) is 0 Å². The van der Waals surface area contributed by atoms with E-state index in [1.807, 2.05) is 6.92 Å². The van der Waals surface area contributed by atoms with Gasteiger partial charge in [0.05, 0.1) is 16.7 Å². The number of hydrogen-bond acceptors (Lipinski definition) is 3. The lowest BCUT2D eigenvalue weighted by Crippen LogP contribution is -1.97. The maximum Gasteiger partial charge on any atom is 0.235 e. The molecule has 0 N–H and O–H groups in total. The van der Waals surface area contributed by atoms with Crippen molar-refractivity contribution in [2.75, 3.05) is 13.3 Å². The lowest BCUT2D eigenvalue weighted by atomic mass is 10.3. The fourth-order valence-corrected chi connectivity index (χ4v) is 3.63. The minimum Gasteiger partial charge on any atom is -0.440 e. The second kappa shape index (κ2) is 5.90. The molecule has 0 aliphatic heterocycles. The van der Waals surface area contributed by atoms with Crippen LogP contribution in [0.3, 0.4) is 0 Å². The molecule has 0 radical (unpaired) electrons. The van der Waals surface area contributed by atoms with Gasteiger partial charge in [-0.3, -0.25) is 0 Å². The average Bonchev–Trinajstić information content (AvgIpc) is 2.11. The van der Waals surface area contributed by atoms with E-state index >= 15 is 0 Å². The van der Waals surface area contributed by atoms with Crippen LogP contribution in [-0.4, -0.2) is 13.3 Å². The van der Waals surface area contributed by atoms with Crippen LogP contribution in [-0.2, 0) is 16.3 Å². The fourth-order valence-electron chi connectivity index (χ4n) is 1.04. The third kappa shape index (κ3) is 4.06. The molecule has 0 saturated heterocycles. The highest BCUT2D eigenvalue weighted by Gasteiger charge is 2.17. The summed E-state index contributed by atoms with van der Waals surface area (Å²) < 4.78 is 10.9. The highest BCUT2D eigenvalue weighted by molar-refractivity contribution is 8.09. The summed E-state index contributed by atoms with van der Waals surface area (Å²) in [5.74, 6) is 0.326. The monoisotopic (exact) mass is 318 g/mol. The van der Waals surface area contributed by atoms with Gasteiger partial charge >= 0.3 is 0 Å². The summed E-state index contributed by atoms with van der Waals surface area (Å²) in [4.78, 5) is 0. The molecule has 1 unspecified atom stereocenters. The Kier molecular flexibility index (Phi) is 5.37. The van der Waals surface area contributed by atoms with E-state index in [0.717, 1.165) is 0 Å². The Morgan fingerprint density at radius 2 is 1.75 bits per heavy atom. The first-order valence-corrected chi connectivity index (χ1v) is 8.64. The van der Waals surface area contributed by atoms with Gasteiger partial charge in [-0.2, -0.15) is 0 Å². The van der Waals surface area contributed by atoms with Crippen molar-refractivity contribution in [1.29, 1.82) is 0 Å². The topological polar surface area (TPSA) is 18.5 Å². The van der Waals surface area contributed by atoms with Gasteiger partial charge in [0.25, 0.3) is 0 Å². The minimum atomic E-state index is -2.36. The van der Waals surface area contributed by atoms with E-state index in [0.29, 0.717) is 27.4 Å². The van der Waals surface area contributed by atoms with Crippen LogP contribution >= 0.6 is 41.3 Å². The van der Waals surface area contributed by atoms with Crippen molar-refractivity contribution in [2.45, 2.75) is 6.92 Å². The molecule has 90 valence electrons. The van der Waals surface area contributed by atoms with E-state index in [9.17, 15) is 0 Å². The quantitative estimate of drug-likeness (QED) is 0.727. The maximum absolute atomic E-state index is 5.96. The third-order valence-electron chi connectivity index (χ3n) is 1.58. The summed E-state index contributed by atoms with van der Waals surface area (Å²) >= 11 is 22.9. The van der Waals surface area contributed by atoms with Crippen LogP contribution in [0.15, 0.2) is 12.1 Å². The molecular weight excluding hydrogens is 309 g/mol. The number of halogens is 3. The maximum atomic E-state index is 5.96. The Balaban J connectivity index is 3.02. The van der Waals surface area contributed by atoms with Gasteiger partial charge in [-0.25, -0.2) is 0 Å². The summed E-state index contributed by atoms with van der Waals surface area (Å²) in [6.45, 7) is 1.68. The Hall–Kier alpha value is 0.500. The lowest BCUT2D eigenvalue weighted by molar-refractivity contribution is 0.335. The molecule has 0 fully saturated rings. The van der Waals surface area contributed by atoms with Gasteiger partial charge < -0.3 is 9.05 Å². The first kappa shape index (κ1) is 14.6. The van der Waals surface area contributed by atoms with Crippen LogP contribution in [0.4, 0.5) is 0 Å². The molecule has 16 heavy (non-hydrogen) atoms. The Labute approximate surface area is 115 Å². The summed E-state index contributed by atoms with van der Waals surface area (Å²) in [6.07, 6.45) is 0. The second-order valence-corrected chi connectivity index (χ2v) is 8.20. The molecule has 2 nitrogen and oxygen atoms in total. The zero-order valence-corrected chi connectivity index (χ0v) is 12.6. The van der Waals surface area contributed by atoms with Gasteiger partial charge in [0, 0.05) is 11.7 Å². The molecule has 1 atom stereocenters. The van der Waals surface area contributed by atoms with Crippen molar-refractivity contribution in [3.05, 3.63) is 27.2 Å². The summed E-state index contributed by atoms with van der Waals surface area (Å²) in [5, 5.41) is 1.10. The average molecular weight is 320 g/mol. The van der Waals surface area contributed by atoms with Crippen molar-refractivity contribution in [2.24, 2.45) is 0 Å². The molecule has 1 aromatic rings. The van der Waals surface area contributed by atoms with Gasteiger partial charge in [0.1, 0.15) is 0 Å². The smallest absolute Gasteiger partial charge is 0.235 e. The van der Waals surface area contributed by atoms with Crippen LogP contribution in [0.2, 0.25) is 15.1 Å². The van der Waals surface area contributed by atoms with Gasteiger partial charge in [0.2, 0.25) is 6.49 Å². The molecule has 0 aliphatic rings. The van der Waals surface area contributed by atoms with Crippen LogP contribution in [0.25, 0.3) is 0 Å². The van der Waals surface area contributed by atoms with Gasteiger partial charge in [-0.15, -0.1) is 0 Å². The van der Waals surface area contributed by atoms with Crippen LogP contribution in [0.1, 0.15) is 6.92 Å². The van der Waals surface area contributed by atoms with E-state index in [2.05, 4.69) is 0 Å². The van der Waals surface area contributed by atoms with Gasteiger partial charge in [-0.05, 0) is 30.9 Å². The molecule has 0 spiro atoms. The van der Waals surface area contributed by atoms with Crippen molar-refractivity contribution in [3.63, 3.8) is 0 Å². The van der Waals surface area contributed by atoms with Gasteiger partial charge in [0.15, 0.2) is 5.75 Å². The summed E-state index contributed by atoms with van der Waals surface area (Å²) in [7, 11) is 0. The summed E-state index contributed by atoms with van der Waals surface area (Å²) in [6, 6.07) is 3.09. The normalized spacial score (nSPS) is 14.6. The molecule has 0 saturated carbocycles. The zero-order valence-electron chi connectivity index (χ0n) is 8.67. The molecule has 1 aromatic carbocycles. The van der Waals surface area contributed by atoms with Crippen LogP contribution < -0.4 is 4.52 Å². The third-order valence-corrected chi connectivity index (χ3v) is 4.14. The highest BCUT2D eigenvalue weighted by Crippen LogP contribution is 2.49. The first-order chi connectivity index (χ1) is 7.35. The lowest BCUT2D eigenvalue weighted by Gasteiger charge is -2.19. The van der Waals surface area contributed by atoms with Crippen molar-refractivity contribution in [3.8, 4) is 5.75 Å². The molecule has 0 aromatic heterocycles. The van der Waals surface area contributed by atoms with E-state index in [4.69, 9.17) is 55.7 Å². The Morgan fingerprint density at radius 3 is 2.19 bits per heavy atom. The molecule has 1 rings (SSSR count). The predicted molar refractivity (Wildman–Crippen MR) is 73.9 cm³/mol. The van der Waals surface area contributed by atoms with Gasteiger partial charge in [-0.1, -0.05) is 34.8 Å². The number of benzene rings is 1. The Bertz CT molecular complexity index is 416. The minimum absolute atomic E-state index is 0.326. The molecule has 0 aliphatic carbocycles. The van der Waals surface area contributed by atoms with E-state index in [1.54, 1.807) is 18.8 Å². The van der Waals surface area contributed by atoms with E-state index < -0.39 is 6.49 Å². The largest absolute Gasteiger partial charge is 0.440 e. The predicted octanol–water partition coefficient (Wildman–Crippen LogP) is 5.00. The number of rotatable bonds is 4. The van der Waals surface area contributed by atoms with Crippen molar-refractivity contribution in [1.82, 2.24) is 0 Å². The summed E-state index contributed by atoms with van der Waals surface area (Å²) in [5.41, 5.74) is 0. The standard InChI is InChI=1S/C9H10Cl3O2PS/c1-3-13-15(2,16)14-9-7(11)4-6(10)5-8(9)12/h4-5H,3H2,1-2H3. The Morgan fingerprint density at radius 1 is 1.25 bits per heavy atom. The fraction of sp³-hybridized carbons (Fsp3) is 0.333. The molecular formula is C9H10Cl3O2PS. The second-order valence-electron chi connectivity index (χ2n) is 2.98. The molecule has 0 bridgehead atoms. The molecule has 7 heteroatoms. The number of hydrogen-bond donors (Lipinski definition) is 0. The van der Waals surface area contributed by atoms with Crippen molar-refractivity contribution < 1.29 is 9.05 Å².